The van der Waals surface area contributed by atoms with Crippen LogP contribution in [0.2, 0.25) is 0 Å². The summed E-state index contributed by atoms with van der Waals surface area (Å²) in [4.78, 5) is 12.2. The van der Waals surface area contributed by atoms with Gasteiger partial charge in [-0.25, -0.2) is 0 Å². The monoisotopic (exact) mass is 404 g/mol. The number of ether oxygens (including phenoxy) is 1. The fourth-order valence-corrected chi connectivity index (χ4v) is 1.63. The zero-order chi connectivity index (χ0) is 15.5. The largest absolute Gasteiger partial charge is 0.492 e. The summed E-state index contributed by atoms with van der Waals surface area (Å²) in [7, 11) is 4.10. The van der Waals surface area contributed by atoms with E-state index in [1.165, 1.54) is 12.1 Å². The zero-order valence-corrected chi connectivity index (χ0v) is 16.3. The van der Waals surface area contributed by atoms with Crippen molar-refractivity contribution in [2.75, 3.05) is 53.4 Å². The normalized spacial score (nSPS) is 9.46. The number of nitro groups is 1. The second kappa shape index (κ2) is 17.0. The quantitative estimate of drug-likeness (QED) is 0.333. The summed E-state index contributed by atoms with van der Waals surface area (Å²) in [5.41, 5.74) is 0.0734. The maximum Gasteiger partial charge on any atom is 0.269 e. The average molecular weight is 406 g/mol. The first kappa shape index (κ1) is 28.0. The van der Waals surface area contributed by atoms with Crippen LogP contribution in [0.3, 0.4) is 0 Å². The molecule has 1 aromatic rings. The molecule has 0 heterocycles. The van der Waals surface area contributed by atoms with E-state index in [1.807, 2.05) is 0 Å². The minimum atomic E-state index is -0.422. The van der Waals surface area contributed by atoms with Crippen molar-refractivity contribution in [2.45, 2.75) is 0 Å². The van der Waals surface area contributed by atoms with Crippen LogP contribution in [0.5, 0.6) is 5.75 Å². The number of nitro benzene ring substituents is 1. The predicted octanol–water partition coefficient (Wildman–Crippen LogP) is 1.98. The molecule has 0 aromatic heterocycles. The molecule has 0 aliphatic carbocycles. The van der Waals surface area contributed by atoms with Crippen LogP contribution in [0.4, 0.5) is 5.69 Å². The number of hydrogen-bond acceptors (Lipinski definition) is 6. The molecule has 1 rings (SSSR count). The SMILES string of the molecule is CN(C)CCNCCNCCOc1ccc([N+](=O)[O-])cc1.Cl.Cl.Cl. The molecular formula is C14H27Cl3N4O3. The van der Waals surface area contributed by atoms with E-state index in [2.05, 4.69) is 29.6 Å². The molecule has 1 aromatic carbocycles. The van der Waals surface area contributed by atoms with Gasteiger partial charge in [0.25, 0.3) is 5.69 Å². The third kappa shape index (κ3) is 13.6. The number of halogens is 3. The number of non-ortho nitro benzene ring substituents is 1. The Morgan fingerprint density at radius 3 is 2.04 bits per heavy atom. The standard InChI is InChI=1S/C14H24N4O3.3ClH/c1-17(2)11-9-15-7-8-16-10-12-21-14-5-3-13(4-6-14)18(19)20;;;/h3-6,15-16H,7-12H2,1-2H3;3*1H. The lowest BCUT2D eigenvalue weighted by molar-refractivity contribution is -0.384. The summed E-state index contributed by atoms with van der Waals surface area (Å²) in [5, 5.41) is 17.1. The van der Waals surface area contributed by atoms with Crippen molar-refractivity contribution < 1.29 is 9.66 Å². The van der Waals surface area contributed by atoms with E-state index in [0.29, 0.717) is 12.4 Å². The zero-order valence-electron chi connectivity index (χ0n) is 13.9. The van der Waals surface area contributed by atoms with E-state index in [9.17, 15) is 10.1 Å². The number of hydrogen-bond donors (Lipinski definition) is 2. The maximum atomic E-state index is 10.5. The Balaban J connectivity index is -0.00000147. The van der Waals surface area contributed by atoms with Crippen LogP contribution in [0.15, 0.2) is 24.3 Å². The van der Waals surface area contributed by atoms with E-state index < -0.39 is 4.92 Å². The molecule has 0 aliphatic heterocycles. The van der Waals surface area contributed by atoms with Crippen LogP contribution in [0, 0.1) is 10.1 Å². The molecule has 0 radical (unpaired) electrons. The second-order valence-corrected chi connectivity index (χ2v) is 4.90. The molecule has 24 heavy (non-hydrogen) atoms. The lowest BCUT2D eigenvalue weighted by Gasteiger charge is -2.11. The van der Waals surface area contributed by atoms with Gasteiger partial charge in [0, 0.05) is 44.9 Å². The van der Waals surface area contributed by atoms with Crippen molar-refractivity contribution in [3.8, 4) is 5.75 Å². The predicted molar refractivity (Wildman–Crippen MR) is 105 cm³/mol. The lowest BCUT2D eigenvalue weighted by Crippen LogP contribution is -2.33. The summed E-state index contributed by atoms with van der Waals surface area (Å²) in [5.74, 6) is 0.645. The molecule has 142 valence electrons. The summed E-state index contributed by atoms with van der Waals surface area (Å²) < 4.78 is 5.49. The van der Waals surface area contributed by atoms with Crippen molar-refractivity contribution in [1.82, 2.24) is 15.5 Å². The molecule has 0 unspecified atom stereocenters. The van der Waals surface area contributed by atoms with Crippen LogP contribution >= 0.6 is 37.2 Å². The van der Waals surface area contributed by atoms with Crippen molar-refractivity contribution in [1.29, 1.82) is 0 Å². The second-order valence-electron chi connectivity index (χ2n) is 4.90. The Labute approximate surface area is 161 Å². The van der Waals surface area contributed by atoms with E-state index in [-0.39, 0.29) is 42.9 Å². The van der Waals surface area contributed by atoms with E-state index in [0.717, 1.165) is 32.7 Å². The van der Waals surface area contributed by atoms with E-state index >= 15 is 0 Å². The van der Waals surface area contributed by atoms with Crippen LogP contribution < -0.4 is 15.4 Å². The first-order chi connectivity index (χ1) is 10.1. The maximum absolute atomic E-state index is 10.5. The summed E-state index contributed by atoms with van der Waals surface area (Å²) >= 11 is 0. The van der Waals surface area contributed by atoms with E-state index in [4.69, 9.17) is 4.74 Å². The van der Waals surface area contributed by atoms with Gasteiger partial charge in [0.05, 0.1) is 4.92 Å². The van der Waals surface area contributed by atoms with Crippen LogP contribution in [-0.4, -0.2) is 63.2 Å². The Bertz CT molecular complexity index is 422. The summed E-state index contributed by atoms with van der Waals surface area (Å²) in [6.45, 7) is 5.10. The summed E-state index contributed by atoms with van der Waals surface area (Å²) in [6.07, 6.45) is 0. The van der Waals surface area contributed by atoms with Gasteiger partial charge in [0.2, 0.25) is 0 Å². The minimum absolute atomic E-state index is 0. The molecule has 0 saturated heterocycles. The first-order valence-corrected chi connectivity index (χ1v) is 7.03. The molecule has 0 amide bonds. The number of rotatable bonds is 11. The number of likely N-dealkylation sites (N-methyl/N-ethyl adjacent to an activating group) is 1. The fourth-order valence-electron chi connectivity index (χ4n) is 1.63. The first-order valence-electron chi connectivity index (χ1n) is 7.03. The average Bonchev–Trinajstić information content (AvgIpc) is 2.45. The van der Waals surface area contributed by atoms with Crippen molar-refractivity contribution >= 4 is 42.9 Å². The van der Waals surface area contributed by atoms with Gasteiger partial charge < -0.3 is 20.3 Å². The Morgan fingerprint density at radius 2 is 1.54 bits per heavy atom. The van der Waals surface area contributed by atoms with Crippen molar-refractivity contribution in [3.05, 3.63) is 34.4 Å². The Morgan fingerprint density at radius 1 is 1.00 bits per heavy atom. The van der Waals surface area contributed by atoms with Gasteiger partial charge in [-0.05, 0) is 26.2 Å². The smallest absolute Gasteiger partial charge is 0.269 e. The highest BCUT2D eigenvalue weighted by Gasteiger charge is 2.03. The van der Waals surface area contributed by atoms with Gasteiger partial charge in [0.1, 0.15) is 12.4 Å². The molecule has 0 bridgehead atoms. The van der Waals surface area contributed by atoms with Gasteiger partial charge in [-0.2, -0.15) is 0 Å². The summed E-state index contributed by atoms with van der Waals surface area (Å²) in [6, 6.07) is 6.11. The molecule has 0 fully saturated rings. The minimum Gasteiger partial charge on any atom is -0.492 e. The lowest BCUT2D eigenvalue weighted by atomic mass is 10.3. The van der Waals surface area contributed by atoms with Gasteiger partial charge >= 0.3 is 0 Å². The number of nitrogens with zero attached hydrogens (tertiary/aromatic N) is 2. The van der Waals surface area contributed by atoms with Crippen LogP contribution in [-0.2, 0) is 0 Å². The van der Waals surface area contributed by atoms with Crippen molar-refractivity contribution in [3.63, 3.8) is 0 Å². The molecule has 0 spiro atoms. The molecule has 10 heteroatoms. The van der Waals surface area contributed by atoms with Gasteiger partial charge in [-0.15, -0.1) is 37.2 Å². The molecule has 2 N–H and O–H groups in total. The number of nitrogens with one attached hydrogen (secondary N) is 2. The van der Waals surface area contributed by atoms with Crippen LogP contribution in [0.1, 0.15) is 0 Å². The third-order valence-electron chi connectivity index (χ3n) is 2.81. The van der Waals surface area contributed by atoms with E-state index in [1.54, 1.807) is 12.1 Å². The highest BCUT2D eigenvalue weighted by Crippen LogP contribution is 2.16. The topological polar surface area (TPSA) is 79.7 Å². The fraction of sp³-hybridized carbons (Fsp3) is 0.571. The molecule has 0 saturated carbocycles. The molecular weight excluding hydrogens is 379 g/mol. The Hall–Kier alpha value is -0.830. The third-order valence-corrected chi connectivity index (χ3v) is 2.81. The molecule has 0 aliphatic rings. The highest BCUT2D eigenvalue weighted by molar-refractivity contribution is 5.86. The van der Waals surface area contributed by atoms with Gasteiger partial charge in [-0.1, -0.05) is 0 Å². The molecule has 7 nitrogen and oxygen atoms in total. The molecule has 0 atom stereocenters. The highest BCUT2D eigenvalue weighted by atomic mass is 35.5. The van der Waals surface area contributed by atoms with Gasteiger partial charge in [-0.3, -0.25) is 10.1 Å². The number of benzene rings is 1. The van der Waals surface area contributed by atoms with Gasteiger partial charge in [0.15, 0.2) is 0 Å². The van der Waals surface area contributed by atoms with Crippen LogP contribution in [0.25, 0.3) is 0 Å². The van der Waals surface area contributed by atoms with Crippen molar-refractivity contribution in [2.24, 2.45) is 0 Å². The Kier molecular flexibility index (Phi) is 19.8.